The first-order chi connectivity index (χ1) is 12.7. The van der Waals surface area contributed by atoms with Gasteiger partial charge in [0.1, 0.15) is 6.54 Å². The number of fused-ring (bicyclic) bond motifs is 1. The number of carbonyl (C=O) groups excluding carboxylic acids is 1. The third-order valence-electron chi connectivity index (χ3n) is 3.78. The molecule has 0 fully saturated rings. The number of hydrogen-bond donors (Lipinski definition) is 2. The van der Waals surface area contributed by atoms with E-state index in [-0.39, 0.29) is 12.1 Å². The third kappa shape index (κ3) is 3.20. The maximum atomic E-state index is 12.3. The molecule has 0 aliphatic carbocycles. The molecule has 0 saturated heterocycles. The molecule has 0 spiro atoms. The third-order valence-corrected chi connectivity index (χ3v) is 3.78. The summed E-state index contributed by atoms with van der Waals surface area (Å²) in [6.07, 6.45) is 3.28. The van der Waals surface area contributed by atoms with Crippen LogP contribution in [-0.4, -0.2) is 30.6 Å². The van der Waals surface area contributed by atoms with Crippen molar-refractivity contribution >= 4 is 22.9 Å². The Morgan fingerprint density at radius 3 is 2.69 bits per heavy atom. The van der Waals surface area contributed by atoms with Crippen LogP contribution in [0, 0.1) is 0 Å². The van der Waals surface area contributed by atoms with Crippen molar-refractivity contribution in [2.24, 2.45) is 0 Å². The van der Waals surface area contributed by atoms with Crippen LogP contribution in [0.3, 0.4) is 0 Å². The quantitative estimate of drug-likeness (QED) is 0.586. The lowest BCUT2D eigenvalue weighted by atomic mass is 10.2. The van der Waals surface area contributed by atoms with Crippen molar-refractivity contribution in [3.63, 3.8) is 0 Å². The number of benzene rings is 1. The van der Waals surface area contributed by atoms with Crippen molar-refractivity contribution in [1.82, 2.24) is 24.7 Å². The first kappa shape index (κ1) is 15.7. The number of hydrogen-bond acceptors (Lipinski definition) is 5. The first-order valence-electron chi connectivity index (χ1n) is 7.92. The number of pyridine rings is 1. The second-order valence-electron chi connectivity index (χ2n) is 5.60. The summed E-state index contributed by atoms with van der Waals surface area (Å²) in [4.78, 5) is 35.5. The number of para-hydroxylation sites is 2. The molecule has 4 rings (SSSR count). The second kappa shape index (κ2) is 6.60. The van der Waals surface area contributed by atoms with Gasteiger partial charge in [-0.25, -0.2) is 9.67 Å². The van der Waals surface area contributed by atoms with Gasteiger partial charge in [-0.15, -0.1) is 0 Å². The van der Waals surface area contributed by atoms with E-state index in [2.05, 4.69) is 25.4 Å². The smallest absolute Gasteiger partial charge is 0.267 e. The van der Waals surface area contributed by atoms with E-state index in [9.17, 15) is 9.59 Å². The summed E-state index contributed by atoms with van der Waals surface area (Å²) in [5, 5.41) is 6.90. The zero-order chi connectivity index (χ0) is 17.9. The average Bonchev–Trinajstić information content (AvgIpc) is 3.06. The van der Waals surface area contributed by atoms with Gasteiger partial charge in [-0.1, -0.05) is 12.1 Å². The summed E-state index contributed by atoms with van der Waals surface area (Å²) in [5.41, 5.74) is 2.60. The lowest BCUT2D eigenvalue weighted by Crippen LogP contribution is -2.29. The van der Waals surface area contributed by atoms with Gasteiger partial charge in [0.05, 0.1) is 16.7 Å². The molecule has 0 aliphatic heterocycles. The van der Waals surface area contributed by atoms with Gasteiger partial charge in [0.2, 0.25) is 11.9 Å². The highest BCUT2D eigenvalue weighted by Crippen LogP contribution is 2.14. The molecular formula is C18H14N6O2. The van der Waals surface area contributed by atoms with Crippen molar-refractivity contribution < 1.29 is 4.79 Å². The lowest BCUT2D eigenvalue weighted by Gasteiger charge is -2.07. The number of rotatable bonds is 4. The zero-order valence-electron chi connectivity index (χ0n) is 13.6. The highest BCUT2D eigenvalue weighted by atomic mass is 16.2. The predicted molar refractivity (Wildman–Crippen MR) is 96.5 cm³/mol. The Hall–Kier alpha value is -3.81. The normalized spacial score (nSPS) is 10.8. The van der Waals surface area contributed by atoms with Crippen molar-refractivity contribution in [2.75, 3.05) is 5.32 Å². The number of amides is 1. The summed E-state index contributed by atoms with van der Waals surface area (Å²) in [7, 11) is 0. The van der Waals surface area contributed by atoms with Crippen LogP contribution in [0.15, 0.2) is 65.7 Å². The summed E-state index contributed by atoms with van der Waals surface area (Å²) in [6, 6.07) is 14.0. The lowest BCUT2D eigenvalue weighted by molar-refractivity contribution is -0.117. The Balaban J connectivity index is 1.54. The van der Waals surface area contributed by atoms with Gasteiger partial charge < -0.3 is 4.98 Å². The number of H-pyrrole nitrogens is 1. The molecule has 8 heteroatoms. The van der Waals surface area contributed by atoms with Crippen molar-refractivity contribution in [1.29, 1.82) is 0 Å². The van der Waals surface area contributed by atoms with E-state index in [1.54, 1.807) is 30.6 Å². The number of anilines is 1. The minimum atomic E-state index is -0.398. The SMILES string of the molecule is O=C(Cn1nc(-c2ccncc2)ccc1=O)Nc1nc2ccccc2[nH]1. The molecule has 3 heterocycles. The Morgan fingerprint density at radius 1 is 1.08 bits per heavy atom. The molecule has 4 aromatic rings. The summed E-state index contributed by atoms with van der Waals surface area (Å²) < 4.78 is 1.12. The Labute approximate surface area is 147 Å². The van der Waals surface area contributed by atoms with E-state index >= 15 is 0 Å². The summed E-state index contributed by atoms with van der Waals surface area (Å²) in [6.45, 7) is -0.213. The minimum Gasteiger partial charge on any atom is -0.324 e. The molecular weight excluding hydrogens is 332 g/mol. The zero-order valence-corrected chi connectivity index (χ0v) is 13.6. The summed E-state index contributed by atoms with van der Waals surface area (Å²) in [5.74, 6) is -0.0694. The topological polar surface area (TPSA) is 106 Å². The van der Waals surface area contributed by atoms with E-state index in [4.69, 9.17) is 0 Å². The van der Waals surface area contributed by atoms with E-state index in [0.717, 1.165) is 21.3 Å². The number of nitrogens with one attached hydrogen (secondary N) is 2. The van der Waals surface area contributed by atoms with Crippen LogP contribution in [0.5, 0.6) is 0 Å². The fourth-order valence-corrected chi connectivity index (χ4v) is 2.56. The second-order valence-corrected chi connectivity index (χ2v) is 5.60. The molecule has 128 valence electrons. The summed E-state index contributed by atoms with van der Waals surface area (Å²) >= 11 is 0. The molecule has 2 N–H and O–H groups in total. The van der Waals surface area contributed by atoms with Gasteiger partial charge in [-0.05, 0) is 30.3 Å². The number of aromatic amines is 1. The fourth-order valence-electron chi connectivity index (χ4n) is 2.56. The number of nitrogens with zero attached hydrogens (tertiary/aromatic N) is 4. The molecule has 0 atom stereocenters. The van der Waals surface area contributed by atoms with E-state index in [1.807, 2.05) is 24.3 Å². The number of carbonyl (C=O) groups is 1. The molecule has 0 bridgehead atoms. The maximum absolute atomic E-state index is 12.3. The van der Waals surface area contributed by atoms with Crippen LogP contribution in [-0.2, 0) is 11.3 Å². The molecule has 0 radical (unpaired) electrons. The largest absolute Gasteiger partial charge is 0.324 e. The molecule has 26 heavy (non-hydrogen) atoms. The van der Waals surface area contributed by atoms with Gasteiger partial charge in [0, 0.05) is 24.0 Å². The number of imidazole rings is 1. The van der Waals surface area contributed by atoms with Gasteiger partial charge >= 0.3 is 0 Å². The van der Waals surface area contributed by atoms with Crippen LogP contribution >= 0.6 is 0 Å². The molecule has 1 amide bonds. The predicted octanol–water partition coefficient (Wildman–Crippen LogP) is 1.82. The Bertz CT molecular complexity index is 1100. The fraction of sp³-hybridized carbons (Fsp3) is 0.0556. The average molecular weight is 346 g/mol. The van der Waals surface area contributed by atoms with Crippen LogP contribution in [0.1, 0.15) is 0 Å². The first-order valence-corrected chi connectivity index (χ1v) is 7.92. The van der Waals surface area contributed by atoms with Crippen LogP contribution in [0.25, 0.3) is 22.3 Å². The van der Waals surface area contributed by atoms with Gasteiger partial charge in [0.25, 0.3) is 5.56 Å². The standard InChI is InChI=1S/C18H14N6O2/c25-16(22-18-20-14-3-1-2-4-15(14)21-18)11-24-17(26)6-5-13(23-24)12-7-9-19-10-8-12/h1-10H,11H2,(H2,20,21,22,25). The molecule has 0 unspecified atom stereocenters. The molecule has 0 aliphatic rings. The van der Waals surface area contributed by atoms with Gasteiger partial charge in [-0.3, -0.25) is 19.9 Å². The monoisotopic (exact) mass is 346 g/mol. The van der Waals surface area contributed by atoms with Crippen molar-refractivity contribution in [3.05, 3.63) is 71.3 Å². The van der Waals surface area contributed by atoms with Gasteiger partial charge in [0.15, 0.2) is 0 Å². The Morgan fingerprint density at radius 2 is 1.88 bits per heavy atom. The van der Waals surface area contributed by atoms with Crippen LogP contribution in [0.2, 0.25) is 0 Å². The van der Waals surface area contributed by atoms with Crippen molar-refractivity contribution in [3.8, 4) is 11.3 Å². The molecule has 8 nitrogen and oxygen atoms in total. The van der Waals surface area contributed by atoms with E-state index in [0.29, 0.717) is 11.6 Å². The van der Waals surface area contributed by atoms with E-state index in [1.165, 1.54) is 6.07 Å². The van der Waals surface area contributed by atoms with Crippen molar-refractivity contribution in [2.45, 2.75) is 6.54 Å². The minimum absolute atomic E-state index is 0.213. The Kier molecular flexibility index (Phi) is 3.98. The molecule has 1 aromatic carbocycles. The van der Waals surface area contributed by atoms with Gasteiger partial charge in [-0.2, -0.15) is 5.10 Å². The van der Waals surface area contributed by atoms with Crippen LogP contribution in [0.4, 0.5) is 5.95 Å². The highest BCUT2D eigenvalue weighted by Gasteiger charge is 2.10. The maximum Gasteiger partial charge on any atom is 0.267 e. The number of aromatic nitrogens is 5. The molecule has 3 aromatic heterocycles. The van der Waals surface area contributed by atoms with Crippen LogP contribution < -0.4 is 10.9 Å². The van der Waals surface area contributed by atoms with E-state index < -0.39 is 5.91 Å². The highest BCUT2D eigenvalue weighted by molar-refractivity contribution is 5.90. The molecule has 0 saturated carbocycles.